The van der Waals surface area contributed by atoms with Gasteiger partial charge in [-0.2, -0.15) is 64.8 Å². The van der Waals surface area contributed by atoms with Crippen molar-refractivity contribution in [1.29, 1.82) is 0 Å². The van der Waals surface area contributed by atoms with Crippen molar-refractivity contribution in [3.05, 3.63) is 150 Å². The summed E-state index contributed by atoms with van der Waals surface area (Å²) in [4.78, 5) is 32.4. The molecule has 0 heterocycles. The van der Waals surface area contributed by atoms with Gasteiger partial charge in [0.2, 0.25) is 0 Å². The van der Waals surface area contributed by atoms with Crippen LogP contribution >= 0.6 is 0 Å². The van der Waals surface area contributed by atoms with Crippen LogP contribution in [0.2, 0.25) is 0 Å². The molecule has 0 spiro atoms. The maximum atomic E-state index is 11.7. The van der Waals surface area contributed by atoms with Gasteiger partial charge in [0, 0.05) is 42.5 Å². The zero-order valence-corrected chi connectivity index (χ0v) is 33.3. The molecular formula is C33H29F9O12S3Sc. The van der Waals surface area contributed by atoms with Gasteiger partial charge in [-0.25, -0.2) is 0 Å². The third-order valence-corrected chi connectivity index (χ3v) is 7.03. The Morgan fingerprint density at radius 2 is 0.724 bits per heavy atom. The molecule has 12 nitrogen and oxygen atoms in total. The molecule has 0 atom stereocenters. The number of Topliss-reactive ketones (excluding diaryl/α,β-unsaturated/α-hetero) is 1. The van der Waals surface area contributed by atoms with Crippen LogP contribution < -0.4 is 0 Å². The minimum atomic E-state index is -5.84. The Bertz CT molecular complexity index is 2070. The Kier molecular flexibility index (Phi) is 26.5. The van der Waals surface area contributed by atoms with Crippen LogP contribution in [0, 0.1) is 0 Å². The monoisotopic (exact) mass is 929 g/mol. The van der Waals surface area contributed by atoms with E-state index in [2.05, 4.69) is 0 Å². The van der Waals surface area contributed by atoms with Gasteiger partial charge in [-0.15, -0.1) is 0 Å². The van der Waals surface area contributed by atoms with Crippen LogP contribution in [0.1, 0.15) is 43.6 Å². The number of ketones is 2. The van der Waals surface area contributed by atoms with Crippen LogP contribution in [0.25, 0.3) is 6.08 Å². The summed E-state index contributed by atoms with van der Waals surface area (Å²) in [6.07, 6.45) is 4.26. The van der Waals surface area contributed by atoms with E-state index >= 15 is 0 Å². The summed E-state index contributed by atoms with van der Waals surface area (Å²) in [5.41, 5.74) is -13.3. The fraction of sp³-hybridized carbons (Fsp3) is 0.121. The first-order valence-electron chi connectivity index (χ1n) is 14.3. The van der Waals surface area contributed by atoms with E-state index in [1.165, 1.54) is 0 Å². The SMILES string of the molecule is CC(=O)c1ccccc1.O=C(/C=C/c1ccccc1)c1ccccc1.O=Cc1ccccc1.O=S(=O)(O)C(F)(F)F.O=S(=O)(O)C(F)(F)F.O=S(=O)(O)C(F)(F)F.[Sc]. The summed E-state index contributed by atoms with van der Waals surface area (Å²) >= 11 is 0. The molecule has 0 fully saturated rings. The molecule has 0 aromatic heterocycles. The Labute approximate surface area is 344 Å². The van der Waals surface area contributed by atoms with Crippen LogP contribution in [0.5, 0.6) is 0 Å². The van der Waals surface area contributed by atoms with E-state index < -0.39 is 46.9 Å². The summed E-state index contributed by atoms with van der Waals surface area (Å²) < 4.78 is 173. The Morgan fingerprint density at radius 1 is 0.483 bits per heavy atom. The van der Waals surface area contributed by atoms with Crippen LogP contribution in [0.4, 0.5) is 39.5 Å². The van der Waals surface area contributed by atoms with Gasteiger partial charge in [0.1, 0.15) is 6.29 Å². The fourth-order valence-corrected chi connectivity index (χ4v) is 2.64. The molecule has 0 saturated heterocycles. The molecule has 1 radical (unpaired) electrons. The van der Waals surface area contributed by atoms with Crippen molar-refractivity contribution in [2.75, 3.05) is 0 Å². The standard InChI is InChI=1S/C15H12O.C8H8O.C7H6O.3CHF3O3S.Sc/c16-15(14-9-5-2-6-10-14)12-11-13-7-3-1-4-8-13;1-7(9)8-5-3-2-4-6-8;8-6-7-4-2-1-3-5-7;3*2-1(3,4)8(5,6)7;/h1-12H;2-6H,1H3;1-6H;3*(H,5,6,7);/b12-11+;;;;;;. The Balaban J connectivity index is -0.000000643. The molecule has 0 amide bonds. The minimum Gasteiger partial charge on any atom is -0.298 e. The van der Waals surface area contributed by atoms with Crippen LogP contribution in [0.15, 0.2) is 127 Å². The van der Waals surface area contributed by atoms with Gasteiger partial charge >= 0.3 is 46.9 Å². The molecular weight excluding hydrogens is 900 g/mol. The zero-order valence-electron chi connectivity index (χ0n) is 29.0. The van der Waals surface area contributed by atoms with E-state index in [1.54, 1.807) is 25.1 Å². The molecule has 0 aliphatic carbocycles. The van der Waals surface area contributed by atoms with E-state index in [9.17, 15) is 53.9 Å². The predicted octanol–water partition coefficient (Wildman–Crippen LogP) is 8.15. The first kappa shape index (κ1) is 57.9. The second-order valence-electron chi connectivity index (χ2n) is 9.69. The molecule has 58 heavy (non-hydrogen) atoms. The first-order chi connectivity index (χ1) is 25.8. The second-order valence-corrected chi connectivity index (χ2v) is 13.9. The minimum absolute atomic E-state index is 0. The second kappa shape index (κ2) is 26.6. The number of aldehydes is 1. The van der Waals surface area contributed by atoms with Crippen molar-refractivity contribution >= 4 is 54.3 Å². The number of alkyl halides is 9. The van der Waals surface area contributed by atoms with Crippen LogP contribution in [0.3, 0.4) is 0 Å². The topological polar surface area (TPSA) is 214 Å². The molecule has 0 saturated carbocycles. The first-order valence-corrected chi connectivity index (χ1v) is 18.7. The number of halogens is 9. The van der Waals surface area contributed by atoms with Crippen molar-refractivity contribution < 1.29 is 119 Å². The van der Waals surface area contributed by atoms with Gasteiger partial charge in [0.15, 0.2) is 11.6 Å². The summed E-state index contributed by atoms with van der Waals surface area (Å²) in [6.45, 7) is 1.56. The van der Waals surface area contributed by atoms with Gasteiger partial charge in [-0.1, -0.05) is 127 Å². The number of carbonyl (C=O) groups is 3. The zero-order chi connectivity index (χ0) is 44.7. The third kappa shape index (κ3) is 27.3. The number of allylic oxidation sites excluding steroid dienone is 1. The average molecular weight is 930 g/mol. The van der Waals surface area contributed by atoms with Crippen molar-refractivity contribution in [2.45, 2.75) is 23.4 Å². The van der Waals surface area contributed by atoms with E-state index in [-0.39, 0.29) is 37.4 Å². The molecule has 317 valence electrons. The van der Waals surface area contributed by atoms with E-state index in [0.29, 0.717) is 0 Å². The molecule has 3 N–H and O–H groups in total. The van der Waals surface area contributed by atoms with E-state index in [4.69, 9.17) is 38.9 Å². The Morgan fingerprint density at radius 3 is 0.931 bits per heavy atom. The molecule has 4 aromatic rings. The summed E-state index contributed by atoms with van der Waals surface area (Å²) in [5.74, 6) is 0.153. The van der Waals surface area contributed by atoms with E-state index in [1.807, 2.05) is 115 Å². The molecule has 4 aromatic carbocycles. The quantitative estimate of drug-likeness (QED) is 0.0432. The van der Waals surface area contributed by atoms with E-state index in [0.717, 1.165) is 28.5 Å². The average Bonchev–Trinajstić information content (AvgIpc) is 3.11. The molecule has 0 aliphatic heterocycles. The smallest absolute Gasteiger partial charge is 0.298 e. The Hall–Kier alpha value is -4.40. The number of benzene rings is 4. The summed E-state index contributed by atoms with van der Waals surface area (Å²) in [6, 6.07) is 37.4. The molecule has 25 heteroatoms. The summed E-state index contributed by atoms with van der Waals surface area (Å²) in [7, 11) is -17.5. The van der Waals surface area contributed by atoms with Crippen molar-refractivity contribution in [2.24, 2.45) is 0 Å². The molecule has 0 bridgehead atoms. The fourth-order valence-electron chi connectivity index (χ4n) is 2.64. The number of hydrogen-bond acceptors (Lipinski definition) is 9. The summed E-state index contributed by atoms with van der Waals surface area (Å²) in [5, 5.41) is 0. The van der Waals surface area contributed by atoms with Gasteiger partial charge in [-0.05, 0) is 18.6 Å². The molecule has 0 unspecified atom stereocenters. The van der Waals surface area contributed by atoms with Crippen LogP contribution in [-0.2, 0) is 56.2 Å². The molecule has 0 aliphatic rings. The normalized spacial score (nSPS) is 11.3. The predicted molar refractivity (Wildman–Crippen MR) is 187 cm³/mol. The number of hydrogen-bond donors (Lipinski definition) is 3. The maximum Gasteiger partial charge on any atom is 0.522 e. The number of carbonyl (C=O) groups excluding carboxylic acids is 3. The van der Waals surface area contributed by atoms with Crippen molar-refractivity contribution in [3.8, 4) is 0 Å². The largest absolute Gasteiger partial charge is 0.522 e. The number of rotatable bonds is 5. The third-order valence-electron chi connectivity index (χ3n) is 5.28. The van der Waals surface area contributed by atoms with Crippen molar-refractivity contribution in [3.63, 3.8) is 0 Å². The van der Waals surface area contributed by atoms with Gasteiger partial charge < -0.3 is 0 Å². The van der Waals surface area contributed by atoms with Gasteiger partial charge in [0.05, 0.1) is 0 Å². The van der Waals surface area contributed by atoms with Gasteiger partial charge in [-0.3, -0.25) is 28.0 Å². The van der Waals surface area contributed by atoms with Crippen LogP contribution in [-0.4, -0.2) is 73.3 Å². The maximum absolute atomic E-state index is 11.7. The van der Waals surface area contributed by atoms with Gasteiger partial charge in [0.25, 0.3) is 0 Å². The molecule has 4 rings (SSSR count). The van der Waals surface area contributed by atoms with Crippen molar-refractivity contribution in [1.82, 2.24) is 0 Å².